The standard InChI is InChI=1S/C16H26N2O2S/c1-12(2)14-7-9-15(10-8-14)21(19,20)18-11-5-4-6-16(18)13(3)17/h7-10,12-13,16H,4-6,11,17H2,1-3H3. The predicted octanol–water partition coefficient (Wildman–Crippen LogP) is 2.70. The molecule has 1 heterocycles. The van der Waals surface area contributed by atoms with Gasteiger partial charge in [-0.05, 0) is 43.4 Å². The van der Waals surface area contributed by atoms with E-state index < -0.39 is 10.0 Å². The van der Waals surface area contributed by atoms with Crippen LogP contribution in [0.4, 0.5) is 0 Å². The first-order chi connectivity index (χ1) is 9.84. The highest BCUT2D eigenvalue weighted by atomic mass is 32.2. The lowest BCUT2D eigenvalue weighted by atomic mass is 10.00. The van der Waals surface area contributed by atoms with Crippen LogP contribution >= 0.6 is 0 Å². The van der Waals surface area contributed by atoms with Crippen LogP contribution in [0.15, 0.2) is 29.2 Å². The van der Waals surface area contributed by atoms with Crippen LogP contribution in [-0.4, -0.2) is 31.4 Å². The minimum absolute atomic E-state index is 0.0893. The molecule has 0 bridgehead atoms. The molecule has 2 N–H and O–H groups in total. The van der Waals surface area contributed by atoms with Crippen LogP contribution < -0.4 is 5.73 Å². The van der Waals surface area contributed by atoms with Gasteiger partial charge in [0.15, 0.2) is 0 Å². The summed E-state index contributed by atoms with van der Waals surface area (Å²) in [7, 11) is -3.45. The van der Waals surface area contributed by atoms with E-state index in [-0.39, 0.29) is 12.1 Å². The molecule has 21 heavy (non-hydrogen) atoms. The fourth-order valence-corrected chi connectivity index (χ4v) is 4.69. The highest BCUT2D eigenvalue weighted by Gasteiger charge is 2.35. The highest BCUT2D eigenvalue weighted by Crippen LogP contribution is 2.27. The lowest BCUT2D eigenvalue weighted by Crippen LogP contribution is -2.51. The van der Waals surface area contributed by atoms with Gasteiger partial charge in [0.25, 0.3) is 0 Å². The van der Waals surface area contributed by atoms with Crippen LogP contribution in [0, 0.1) is 0 Å². The summed E-state index contributed by atoms with van der Waals surface area (Å²) < 4.78 is 27.3. The summed E-state index contributed by atoms with van der Waals surface area (Å²) in [5, 5.41) is 0. The normalized spacial score (nSPS) is 22.4. The van der Waals surface area contributed by atoms with E-state index in [1.165, 1.54) is 0 Å². The minimum Gasteiger partial charge on any atom is -0.326 e. The quantitative estimate of drug-likeness (QED) is 0.930. The minimum atomic E-state index is -3.45. The van der Waals surface area contributed by atoms with Gasteiger partial charge >= 0.3 is 0 Å². The van der Waals surface area contributed by atoms with Gasteiger partial charge in [-0.15, -0.1) is 0 Å². The van der Waals surface area contributed by atoms with Crippen molar-refractivity contribution in [1.29, 1.82) is 0 Å². The van der Waals surface area contributed by atoms with E-state index in [1.807, 2.05) is 19.1 Å². The first kappa shape index (κ1) is 16.5. The van der Waals surface area contributed by atoms with Crippen molar-refractivity contribution in [2.45, 2.75) is 62.9 Å². The summed E-state index contributed by atoms with van der Waals surface area (Å²) >= 11 is 0. The topological polar surface area (TPSA) is 63.4 Å². The van der Waals surface area contributed by atoms with Crippen LogP contribution in [0.2, 0.25) is 0 Å². The third-order valence-electron chi connectivity index (χ3n) is 4.26. The molecule has 4 nitrogen and oxygen atoms in total. The Morgan fingerprint density at radius 1 is 1.14 bits per heavy atom. The fraction of sp³-hybridized carbons (Fsp3) is 0.625. The number of sulfonamides is 1. The van der Waals surface area contributed by atoms with Gasteiger partial charge in [0.2, 0.25) is 10.0 Å². The molecule has 118 valence electrons. The van der Waals surface area contributed by atoms with Crippen LogP contribution in [0.3, 0.4) is 0 Å². The Morgan fingerprint density at radius 3 is 2.29 bits per heavy atom. The van der Waals surface area contributed by atoms with E-state index in [0.717, 1.165) is 24.8 Å². The predicted molar refractivity (Wildman–Crippen MR) is 85.7 cm³/mol. The Kier molecular flexibility index (Phi) is 5.07. The number of nitrogens with two attached hydrogens (primary N) is 1. The molecule has 0 amide bonds. The van der Waals surface area contributed by atoms with Gasteiger partial charge in [0, 0.05) is 18.6 Å². The second-order valence-electron chi connectivity index (χ2n) is 6.26. The summed E-state index contributed by atoms with van der Waals surface area (Å²) in [6.45, 7) is 6.65. The number of benzene rings is 1. The Labute approximate surface area is 128 Å². The third kappa shape index (κ3) is 3.47. The summed E-state index contributed by atoms with van der Waals surface area (Å²) in [5.74, 6) is 0.397. The summed E-state index contributed by atoms with van der Waals surface area (Å²) in [4.78, 5) is 0.374. The Hall–Kier alpha value is -0.910. The molecular weight excluding hydrogens is 284 g/mol. The first-order valence-corrected chi connectivity index (χ1v) is 9.15. The van der Waals surface area contributed by atoms with E-state index in [0.29, 0.717) is 17.4 Å². The van der Waals surface area contributed by atoms with Crippen molar-refractivity contribution < 1.29 is 8.42 Å². The van der Waals surface area contributed by atoms with Crippen LogP contribution in [0.5, 0.6) is 0 Å². The molecule has 5 heteroatoms. The zero-order valence-corrected chi connectivity index (χ0v) is 13.9. The summed E-state index contributed by atoms with van der Waals surface area (Å²) in [6, 6.07) is 7.02. The van der Waals surface area contributed by atoms with Crippen molar-refractivity contribution in [1.82, 2.24) is 4.31 Å². The first-order valence-electron chi connectivity index (χ1n) is 7.71. The van der Waals surface area contributed by atoms with E-state index in [1.54, 1.807) is 16.4 Å². The Balaban J connectivity index is 2.31. The largest absolute Gasteiger partial charge is 0.326 e. The van der Waals surface area contributed by atoms with E-state index in [9.17, 15) is 8.42 Å². The molecule has 1 aromatic rings. The SMILES string of the molecule is CC(C)c1ccc(S(=O)(=O)N2CCCCC2C(C)N)cc1. The molecule has 1 aromatic carbocycles. The van der Waals surface area contributed by atoms with Gasteiger partial charge in [-0.1, -0.05) is 32.4 Å². The Bertz CT molecular complexity index is 564. The molecule has 1 fully saturated rings. The number of rotatable bonds is 4. The van der Waals surface area contributed by atoms with Crippen LogP contribution in [0.25, 0.3) is 0 Å². The van der Waals surface area contributed by atoms with Gasteiger partial charge in [0.1, 0.15) is 0 Å². The van der Waals surface area contributed by atoms with Gasteiger partial charge in [0.05, 0.1) is 4.90 Å². The zero-order valence-electron chi connectivity index (χ0n) is 13.1. The van der Waals surface area contributed by atoms with Gasteiger partial charge in [-0.3, -0.25) is 0 Å². The van der Waals surface area contributed by atoms with Gasteiger partial charge in [-0.25, -0.2) is 8.42 Å². The van der Waals surface area contributed by atoms with Crippen molar-refractivity contribution in [2.75, 3.05) is 6.54 Å². The number of hydrogen-bond donors (Lipinski definition) is 1. The molecule has 0 radical (unpaired) electrons. The van der Waals surface area contributed by atoms with Crippen molar-refractivity contribution in [3.63, 3.8) is 0 Å². The zero-order chi connectivity index (χ0) is 15.6. The smallest absolute Gasteiger partial charge is 0.243 e. The molecule has 0 aliphatic carbocycles. The van der Waals surface area contributed by atoms with E-state index >= 15 is 0 Å². The van der Waals surface area contributed by atoms with Gasteiger partial charge < -0.3 is 5.73 Å². The lowest BCUT2D eigenvalue weighted by molar-refractivity contribution is 0.227. The maximum Gasteiger partial charge on any atom is 0.243 e. The summed E-state index contributed by atoms with van der Waals surface area (Å²) in [6.07, 6.45) is 2.80. The average Bonchev–Trinajstić information content (AvgIpc) is 2.47. The number of piperidine rings is 1. The van der Waals surface area contributed by atoms with Crippen molar-refractivity contribution >= 4 is 10.0 Å². The molecule has 2 rings (SSSR count). The lowest BCUT2D eigenvalue weighted by Gasteiger charge is -2.36. The van der Waals surface area contributed by atoms with Gasteiger partial charge in [-0.2, -0.15) is 4.31 Å². The monoisotopic (exact) mass is 310 g/mol. The molecular formula is C16H26N2O2S. The van der Waals surface area contributed by atoms with Crippen molar-refractivity contribution in [2.24, 2.45) is 5.73 Å². The second kappa shape index (κ2) is 6.46. The van der Waals surface area contributed by atoms with Crippen molar-refractivity contribution in [3.8, 4) is 0 Å². The molecule has 1 saturated heterocycles. The average molecular weight is 310 g/mol. The molecule has 0 spiro atoms. The maximum absolute atomic E-state index is 12.9. The maximum atomic E-state index is 12.9. The third-order valence-corrected chi connectivity index (χ3v) is 6.20. The number of nitrogens with zero attached hydrogens (tertiary/aromatic N) is 1. The van der Waals surface area contributed by atoms with Crippen LogP contribution in [0.1, 0.15) is 51.5 Å². The highest BCUT2D eigenvalue weighted by molar-refractivity contribution is 7.89. The molecule has 1 aliphatic rings. The molecule has 1 aliphatic heterocycles. The van der Waals surface area contributed by atoms with E-state index in [4.69, 9.17) is 5.73 Å². The van der Waals surface area contributed by atoms with Crippen molar-refractivity contribution in [3.05, 3.63) is 29.8 Å². The fourth-order valence-electron chi connectivity index (χ4n) is 2.91. The second-order valence-corrected chi connectivity index (χ2v) is 8.15. The number of hydrogen-bond acceptors (Lipinski definition) is 3. The molecule has 0 saturated carbocycles. The van der Waals surface area contributed by atoms with Crippen LogP contribution in [-0.2, 0) is 10.0 Å². The summed E-state index contributed by atoms with van der Waals surface area (Å²) in [5.41, 5.74) is 7.14. The van der Waals surface area contributed by atoms with E-state index in [2.05, 4.69) is 13.8 Å². The molecule has 0 aromatic heterocycles. The molecule has 2 unspecified atom stereocenters. The molecule has 2 atom stereocenters. The Morgan fingerprint density at radius 2 is 1.76 bits per heavy atom.